The highest BCUT2D eigenvalue weighted by molar-refractivity contribution is 7.45. The normalized spacial score (nSPS) is 12.5. The zero-order valence-electron chi connectivity index (χ0n) is 41.6. The van der Waals surface area contributed by atoms with Crippen LogP contribution in [-0.2, 0) is 32.7 Å². The monoisotopic (exact) mass is 1090 g/mol. The third kappa shape index (κ3) is 23.8. The van der Waals surface area contributed by atoms with Crippen molar-refractivity contribution in [1.82, 2.24) is 10.6 Å². The molecule has 2 N–H and O–H groups in total. The number of carbonyl (C=O) groups excluding carboxylic acids is 4. The molecule has 0 bridgehead atoms. The smallest absolute Gasteiger partial charge is 0.306 e. The number of ether oxygens (including phenoxy) is 2. The minimum absolute atomic E-state index is 0.00402. The van der Waals surface area contributed by atoms with Crippen molar-refractivity contribution in [3.63, 3.8) is 0 Å². The van der Waals surface area contributed by atoms with Crippen molar-refractivity contribution in [2.24, 2.45) is 10.2 Å². The molecule has 0 saturated heterocycles. The molecule has 0 aromatic heterocycles. The van der Waals surface area contributed by atoms with Gasteiger partial charge in [-0.15, -0.1) is 0 Å². The van der Waals surface area contributed by atoms with Gasteiger partial charge in [-0.2, -0.15) is 0 Å². The molecule has 2 amide bonds. The number of azide groups is 2. The van der Waals surface area contributed by atoms with Gasteiger partial charge in [-0.3, -0.25) is 23.7 Å². The summed E-state index contributed by atoms with van der Waals surface area (Å²) in [6.45, 7) is -0.935. The van der Waals surface area contributed by atoms with Gasteiger partial charge >= 0.3 is 11.9 Å². The molecule has 2 atom stereocenters. The Bertz CT molecular complexity index is 2280. The molecular weight excluding hydrogens is 1020 g/mol. The molecule has 414 valence electrons. The van der Waals surface area contributed by atoms with Crippen molar-refractivity contribution in [2.75, 3.05) is 60.6 Å². The van der Waals surface area contributed by atoms with Gasteiger partial charge in [0.2, 0.25) is 0 Å². The second-order valence-corrected chi connectivity index (χ2v) is 19.5. The van der Waals surface area contributed by atoms with Crippen molar-refractivity contribution in [3.05, 3.63) is 78.6 Å². The van der Waals surface area contributed by atoms with E-state index in [0.717, 1.165) is 64.2 Å². The molecule has 0 aliphatic rings. The molecule has 74 heavy (non-hydrogen) atoms. The summed E-state index contributed by atoms with van der Waals surface area (Å²) in [5.74, 6) is -19.8. The van der Waals surface area contributed by atoms with Crippen molar-refractivity contribution in [1.29, 1.82) is 0 Å². The number of quaternary nitrogens is 1. The number of halogens is 8. The molecule has 2 unspecified atom stereocenters. The number of nitrogens with zero attached hydrogens (tertiary/aromatic N) is 7. The van der Waals surface area contributed by atoms with E-state index in [0.29, 0.717) is 62.4 Å². The Morgan fingerprint density at radius 2 is 0.905 bits per heavy atom. The van der Waals surface area contributed by atoms with Crippen LogP contribution < -0.4 is 15.5 Å². The molecule has 0 aliphatic heterocycles. The second-order valence-electron chi connectivity index (χ2n) is 18.1. The maximum Gasteiger partial charge on any atom is 0.306 e. The molecule has 0 saturated carbocycles. The second kappa shape index (κ2) is 34.1. The predicted octanol–water partition coefficient (Wildman–Crippen LogP) is 11.3. The number of carbonyl (C=O) groups is 4. The van der Waals surface area contributed by atoms with E-state index in [4.69, 9.17) is 29.6 Å². The van der Waals surface area contributed by atoms with E-state index in [2.05, 4.69) is 30.7 Å². The number of esters is 2. The zero-order valence-corrected chi connectivity index (χ0v) is 42.5. The predicted molar refractivity (Wildman–Crippen MR) is 250 cm³/mol. The van der Waals surface area contributed by atoms with Gasteiger partial charge in [-0.25, -0.2) is 35.1 Å². The SMILES string of the molecule is C[N+](C)(C)CCOP(=O)([O-])OCC(COC(=O)CCCCCCCCCCCNC(=O)c1c(F)c(F)c(N=[N+]=[N-])c(F)c1F)OC(=O)CCCCCCCCCCCNC(=O)c1c(F)c(F)c(N=[N+]=[N-])c(F)c1F. The molecule has 0 radical (unpaired) electrons. The first-order valence-electron chi connectivity index (χ1n) is 24.2. The number of rotatable bonds is 38. The molecule has 2 aromatic carbocycles. The number of unbranched alkanes of at least 4 members (excludes halogenated alkanes) is 16. The molecule has 19 nitrogen and oxygen atoms in total. The van der Waals surface area contributed by atoms with Crippen molar-refractivity contribution in [2.45, 2.75) is 135 Å². The molecular formula is C46H64F8N9O10P. The first-order valence-corrected chi connectivity index (χ1v) is 25.7. The number of amides is 2. The van der Waals surface area contributed by atoms with Gasteiger partial charge < -0.3 is 38.5 Å². The van der Waals surface area contributed by atoms with Crippen LogP contribution in [0.4, 0.5) is 46.5 Å². The fourth-order valence-corrected chi connectivity index (χ4v) is 7.73. The van der Waals surface area contributed by atoms with E-state index in [1.54, 1.807) is 0 Å². The lowest BCUT2D eigenvalue weighted by atomic mass is 10.1. The Kier molecular flexibility index (Phi) is 29.8. The quantitative estimate of drug-likeness (QED) is 0.00739. The molecule has 2 aromatic rings. The highest BCUT2D eigenvalue weighted by Gasteiger charge is 2.30. The Morgan fingerprint density at radius 3 is 1.27 bits per heavy atom. The lowest BCUT2D eigenvalue weighted by molar-refractivity contribution is -0.870. The number of benzene rings is 2. The van der Waals surface area contributed by atoms with Crippen LogP contribution in [0.2, 0.25) is 0 Å². The van der Waals surface area contributed by atoms with Gasteiger partial charge in [0.1, 0.15) is 42.3 Å². The Hall–Kier alpha value is -5.55. The van der Waals surface area contributed by atoms with Crippen molar-refractivity contribution >= 4 is 43.0 Å². The first-order chi connectivity index (χ1) is 35.1. The van der Waals surface area contributed by atoms with Crippen molar-refractivity contribution in [3.8, 4) is 0 Å². The standard InChI is InChI=1S/C46H64F8N9O10P/c1-63(2,3)26-27-71-74(68,69)72-29-30(73-32(65)23-19-15-11-7-5-9-13-17-21-25-58-46(67)34-37(49)41(53)44(60-62-56)42(54)38(34)50)28-70-31(64)22-18-14-10-6-4-8-12-16-20-24-57-45(66)33-35(47)39(51)43(59-61-55)40(52)36(33)48/h30H,4-29H2,1-3H3,(H2-,57,58,66,67,68,69). The van der Waals surface area contributed by atoms with E-state index in [9.17, 15) is 63.8 Å². The summed E-state index contributed by atoms with van der Waals surface area (Å²) in [6, 6.07) is 0. The van der Waals surface area contributed by atoms with E-state index in [1.165, 1.54) is 0 Å². The number of hydrogen-bond acceptors (Lipinski definition) is 12. The van der Waals surface area contributed by atoms with Gasteiger partial charge in [-0.05, 0) is 36.7 Å². The average molecular weight is 1090 g/mol. The first kappa shape index (κ1) is 64.6. The molecule has 0 fully saturated rings. The summed E-state index contributed by atoms with van der Waals surface area (Å²) >= 11 is 0. The highest BCUT2D eigenvalue weighted by Crippen LogP contribution is 2.38. The van der Waals surface area contributed by atoms with E-state index >= 15 is 0 Å². The van der Waals surface area contributed by atoms with E-state index in [1.807, 2.05) is 21.1 Å². The summed E-state index contributed by atoms with van der Waals surface area (Å²) < 4.78 is 146. The van der Waals surface area contributed by atoms with Gasteiger partial charge in [-0.1, -0.05) is 100 Å². The number of phosphoric ester groups is 1. The molecule has 2 rings (SSSR count). The molecule has 28 heteroatoms. The summed E-state index contributed by atoms with van der Waals surface area (Å²) in [5.41, 5.74) is 10.7. The minimum atomic E-state index is -4.80. The summed E-state index contributed by atoms with van der Waals surface area (Å²) in [7, 11) is 0.723. The van der Waals surface area contributed by atoms with Crippen molar-refractivity contribution < 1.29 is 86.8 Å². The van der Waals surface area contributed by atoms with Crippen LogP contribution >= 0.6 is 7.82 Å². The largest absolute Gasteiger partial charge is 0.756 e. The molecule has 0 heterocycles. The topological polar surface area (TPSA) is 267 Å². The fourth-order valence-electron chi connectivity index (χ4n) is 7.01. The third-order valence-electron chi connectivity index (χ3n) is 11.1. The highest BCUT2D eigenvalue weighted by atomic mass is 31.2. The van der Waals surface area contributed by atoms with Crippen LogP contribution in [0.5, 0.6) is 0 Å². The number of nitrogens with one attached hydrogen (secondary N) is 2. The summed E-state index contributed by atoms with van der Waals surface area (Å²) in [4.78, 5) is 66.3. The number of phosphoric acid groups is 1. The maximum atomic E-state index is 14.2. The van der Waals surface area contributed by atoms with Crippen LogP contribution in [0.25, 0.3) is 20.9 Å². The van der Waals surface area contributed by atoms with Gasteiger partial charge in [0.15, 0.2) is 52.6 Å². The Labute approximate surface area is 423 Å². The summed E-state index contributed by atoms with van der Waals surface area (Å²) in [5, 5.41) is 9.59. The third-order valence-corrected chi connectivity index (χ3v) is 12.0. The zero-order chi connectivity index (χ0) is 55.3. The maximum absolute atomic E-state index is 14.2. The lowest BCUT2D eigenvalue weighted by Crippen LogP contribution is -2.37. The van der Waals surface area contributed by atoms with Crippen LogP contribution in [0, 0.1) is 46.5 Å². The number of hydrogen-bond donors (Lipinski definition) is 2. The van der Waals surface area contributed by atoms with Gasteiger partial charge in [0.25, 0.3) is 19.6 Å². The fraction of sp³-hybridized carbons (Fsp3) is 0.652. The average Bonchev–Trinajstić information content (AvgIpc) is 3.34. The Balaban J connectivity index is 1.65. The van der Waals surface area contributed by atoms with Crippen LogP contribution in [0.15, 0.2) is 10.2 Å². The van der Waals surface area contributed by atoms with Crippen LogP contribution in [0.3, 0.4) is 0 Å². The van der Waals surface area contributed by atoms with Crippen LogP contribution in [-0.4, -0.2) is 94.9 Å². The van der Waals surface area contributed by atoms with Gasteiger partial charge in [0.05, 0.1) is 27.7 Å². The molecule has 0 spiro atoms. The summed E-state index contributed by atoms with van der Waals surface area (Å²) in [6.07, 6.45) is 11.5. The van der Waals surface area contributed by atoms with Crippen LogP contribution in [0.1, 0.15) is 149 Å². The number of likely N-dealkylation sites (N-methyl/N-ethyl adjacent to an activating group) is 1. The van der Waals surface area contributed by atoms with E-state index in [-0.39, 0.29) is 32.5 Å². The van der Waals surface area contributed by atoms with Gasteiger partial charge in [0, 0.05) is 35.8 Å². The molecule has 0 aliphatic carbocycles. The van der Waals surface area contributed by atoms with E-state index < -0.39 is 120 Å². The Morgan fingerprint density at radius 1 is 0.554 bits per heavy atom. The lowest BCUT2D eigenvalue weighted by Gasteiger charge is -2.28. The minimum Gasteiger partial charge on any atom is -0.756 e.